The number of rotatable bonds is 7. The van der Waals surface area contributed by atoms with Gasteiger partial charge in [0, 0.05) is 76.1 Å². The molecule has 6 rings (SSSR count). The Kier molecular flexibility index (Phi) is 6.94. The van der Waals surface area contributed by atoms with E-state index in [0.29, 0.717) is 44.1 Å². The Labute approximate surface area is 216 Å². The maximum atomic E-state index is 15.0. The molecule has 3 saturated heterocycles. The fourth-order valence-electron chi connectivity index (χ4n) is 5.99. The van der Waals surface area contributed by atoms with Crippen molar-refractivity contribution in [2.24, 2.45) is 0 Å². The van der Waals surface area contributed by atoms with Crippen LogP contribution < -0.4 is 10.6 Å². The first-order valence-electron chi connectivity index (χ1n) is 13.3. The molecule has 196 valence electrons. The Balaban J connectivity index is 1.03. The summed E-state index contributed by atoms with van der Waals surface area (Å²) in [6.07, 6.45) is 0.917. The lowest BCUT2D eigenvalue weighted by molar-refractivity contribution is -0.137. The summed E-state index contributed by atoms with van der Waals surface area (Å²) in [5.74, 6) is -0.598. The van der Waals surface area contributed by atoms with Gasteiger partial charge in [-0.3, -0.25) is 29.6 Å². The standard InChI is InChI=1S/C28H34FN5O3/c29-24-12-19(14-32-16-22(17-32)33-8-10-37-11-9-33)4-5-20(24)13-30-25-3-1-2-21-15-34(18-23(21)25)26-6-7-27(35)31-28(26)36/h1-5,12,22,26,30H,6-11,13-18H2,(H,31,35,36). The van der Waals surface area contributed by atoms with Gasteiger partial charge in [0.1, 0.15) is 5.82 Å². The monoisotopic (exact) mass is 507 g/mol. The molecule has 4 aliphatic rings. The number of piperidine rings is 1. The predicted molar refractivity (Wildman–Crippen MR) is 137 cm³/mol. The van der Waals surface area contributed by atoms with Crippen LogP contribution in [0.25, 0.3) is 0 Å². The highest BCUT2D eigenvalue weighted by Crippen LogP contribution is 2.32. The number of amides is 2. The van der Waals surface area contributed by atoms with Crippen LogP contribution in [0.1, 0.15) is 35.1 Å². The van der Waals surface area contributed by atoms with Crippen LogP contribution in [0.2, 0.25) is 0 Å². The Morgan fingerprint density at radius 1 is 1.05 bits per heavy atom. The number of anilines is 1. The minimum absolute atomic E-state index is 0.187. The van der Waals surface area contributed by atoms with Crippen molar-refractivity contribution < 1.29 is 18.7 Å². The maximum absolute atomic E-state index is 15.0. The number of morpholine rings is 1. The number of carbonyl (C=O) groups excluding carboxylic acids is 2. The van der Waals surface area contributed by atoms with Gasteiger partial charge >= 0.3 is 0 Å². The quantitative estimate of drug-likeness (QED) is 0.556. The number of halogens is 1. The number of imide groups is 1. The molecule has 0 bridgehead atoms. The SMILES string of the molecule is O=C1CCC(N2Cc3cccc(NCc4ccc(CN5CC(N6CCOCC6)C5)cc4F)c3C2)C(=O)N1. The van der Waals surface area contributed by atoms with Crippen LogP contribution in [0.3, 0.4) is 0 Å². The molecule has 0 saturated carbocycles. The highest BCUT2D eigenvalue weighted by Gasteiger charge is 2.35. The van der Waals surface area contributed by atoms with Crippen molar-refractivity contribution in [1.29, 1.82) is 0 Å². The summed E-state index contributed by atoms with van der Waals surface area (Å²) in [5.41, 5.74) is 4.90. The van der Waals surface area contributed by atoms with E-state index in [1.807, 2.05) is 24.3 Å². The van der Waals surface area contributed by atoms with E-state index in [4.69, 9.17) is 4.74 Å². The van der Waals surface area contributed by atoms with E-state index in [-0.39, 0.29) is 23.7 Å². The molecule has 0 aromatic heterocycles. The lowest BCUT2D eigenvalue weighted by atomic mass is 10.0. The van der Waals surface area contributed by atoms with E-state index < -0.39 is 0 Å². The van der Waals surface area contributed by atoms with E-state index in [2.05, 4.69) is 31.4 Å². The second kappa shape index (κ2) is 10.5. The molecule has 2 aromatic rings. The lowest BCUT2D eigenvalue weighted by Gasteiger charge is -2.46. The van der Waals surface area contributed by atoms with Gasteiger partial charge in [0.2, 0.25) is 11.8 Å². The molecule has 0 aliphatic carbocycles. The van der Waals surface area contributed by atoms with Gasteiger partial charge in [0.25, 0.3) is 0 Å². The van der Waals surface area contributed by atoms with Gasteiger partial charge in [-0.1, -0.05) is 24.3 Å². The number of likely N-dealkylation sites (tertiary alicyclic amines) is 1. The summed E-state index contributed by atoms with van der Waals surface area (Å²) >= 11 is 0. The third-order valence-corrected chi connectivity index (χ3v) is 8.15. The topological polar surface area (TPSA) is 77.2 Å². The van der Waals surface area contributed by atoms with Crippen LogP contribution in [0, 0.1) is 5.82 Å². The largest absolute Gasteiger partial charge is 0.381 e. The summed E-state index contributed by atoms with van der Waals surface area (Å²) in [6, 6.07) is 12.0. The van der Waals surface area contributed by atoms with E-state index >= 15 is 0 Å². The van der Waals surface area contributed by atoms with Crippen molar-refractivity contribution in [2.45, 2.75) is 51.1 Å². The van der Waals surface area contributed by atoms with Crippen LogP contribution in [0.4, 0.5) is 10.1 Å². The fourth-order valence-corrected chi connectivity index (χ4v) is 5.99. The molecule has 2 aromatic carbocycles. The molecule has 1 atom stereocenters. The average Bonchev–Trinajstić information content (AvgIpc) is 3.30. The number of nitrogens with one attached hydrogen (secondary N) is 2. The maximum Gasteiger partial charge on any atom is 0.243 e. The predicted octanol–water partition coefficient (Wildman–Crippen LogP) is 2.08. The first kappa shape index (κ1) is 24.5. The van der Waals surface area contributed by atoms with E-state index in [1.165, 1.54) is 0 Å². The zero-order chi connectivity index (χ0) is 25.4. The lowest BCUT2D eigenvalue weighted by Crippen LogP contribution is -2.60. The third-order valence-electron chi connectivity index (χ3n) is 8.15. The van der Waals surface area contributed by atoms with Crippen molar-refractivity contribution in [1.82, 2.24) is 20.0 Å². The van der Waals surface area contributed by atoms with Gasteiger partial charge in [0.05, 0.1) is 19.3 Å². The molecule has 0 spiro atoms. The molecule has 0 radical (unpaired) electrons. The molecule has 2 N–H and O–H groups in total. The van der Waals surface area contributed by atoms with Gasteiger partial charge in [-0.25, -0.2) is 4.39 Å². The molecule has 4 heterocycles. The zero-order valence-corrected chi connectivity index (χ0v) is 21.0. The molecule has 3 fully saturated rings. The average molecular weight is 508 g/mol. The number of hydrogen-bond donors (Lipinski definition) is 2. The minimum atomic E-state index is -0.293. The Morgan fingerprint density at radius 3 is 2.68 bits per heavy atom. The summed E-state index contributed by atoms with van der Waals surface area (Å²) in [4.78, 5) is 30.8. The molecule has 9 heteroatoms. The molecule has 37 heavy (non-hydrogen) atoms. The second-order valence-electron chi connectivity index (χ2n) is 10.6. The first-order chi connectivity index (χ1) is 18.0. The van der Waals surface area contributed by atoms with E-state index in [1.54, 1.807) is 6.07 Å². The van der Waals surface area contributed by atoms with Crippen LogP contribution in [-0.4, -0.2) is 78.0 Å². The van der Waals surface area contributed by atoms with Crippen LogP contribution in [0.15, 0.2) is 36.4 Å². The number of nitrogens with zero attached hydrogens (tertiary/aromatic N) is 3. The highest BCUT2D eigenvalue weighted by atomic mass is 19.1. The summed E-state index contributed by atoms with van der Waals surface area (Å²) in [7, 11) is 0. The first-order valence-corrected chi connectivity index (χ1v) is 13.3. The molecular weight excluding hydrogens is 473 g/mol. The Morgan fingerprint density at radius 2 is 1.89 bits per heavy atom. The second-order valence-corrected chi connectivity index (χ2v) is 10.6. The van der Waals surface area contributed by atoms with E-state index in [9.17, 15) is 14.0 Å². The normalized spacial score (nSPS) is 23.5. The number of ether oxygens (including phenoxy) is 1. The van der Waals surface area contributed by atoms with Gasteiger partial charge in [-0.05, 0) is 35.2 Å². The van der Waals surface area contributed by atoms with Crippen molar-refractivity contribution in [2.75, 3.05) is 44.7 Å². The van der Waals surface area contributed by atoms with Crippen LogP contribution in [0.5, 0.6) is 0 Å². The van der Waals surface area contributed by atoms with Crippen molar-refractivity contribution in [3.63, 3.8) is 0 Å². The van der Waals surface area contributed by atoms with Crippen molar-refractivity contribution >= 4 is 17.5 Å². The Hall–Kier alpha value is -2.85. The fraction of sp³-hybridized carbons (Fsp3) is 0.500. The van der Waals surface area contributed by atoms with Gasteiger partial charge in [0.15, 0.2) is 0 Å². The number of carbonyl (C=O) groups is 2. The van der Waals surface area contributed by atoms with E-state index in [0.717, 1.165) is 68.3 Å². The zero-order valence-electron chi connectivity index (χ0n) is 21.0. The summed E-state index contributed by atoms with van der Waals surface area (Å²) in [5, 5.41) is 5.88. The van der Waals surface area contributed by atoms with Gasteiger partial charge in [-0.15, -0.1) is 0 Å². The molecule has 1 unspecified atom stereocenters. The molecular formula is C28H34FN5O3. The Bertz CT molecular complexity index is 1180. The van der Waals surface area contributed by atoms with Crippen molar-refractivity contribution in [3.05, 3.63) is 64.5 Å². The van der Waals surface area contributed by atoms with Gasteiger partial charge < -0.3 is 10.1 Å². The molecule has 4 aliphatic heterocycles. The highest BCUT2D eigenvalue weighted by molar-refractivity contribution is 6.00. The number of benzene rings is 2. The molecule has 8 nitrogen and oxygen atoms in total. The summed E-state index contributed by atoms with van der Waals surface area (Å²) in [6.45, 7) is 8.18. The van der Waals surface area contributed by atoms with Crippen LogP contribution in [-0.2, 0) is 40.5 Å². The number of fused-ring (bicyclic) bond motifs is 1. The van der Waals surface area contributed by atoms with Gasteiger partial charge in [-0.2, -0.15) is 0 Å². The van der Waals surface area contributed by atoms with Crippen molar-refractivity contribution in [3.8, 4) is 0 Å². The van der Waals surface area contributed by atoms with Crippen LogP contribution >= 0.6 is 0 Å². The summed E-state index contributed by atoms with van der Waals surface area (Å²) < 4.78 is 20.4. The minimum Gasteiger partial charge on any atom is -0.381 e. The third kappa shape index (κ3) is 5.27. The number of hydrogen-bond acceptors (Lipinski definition) is 7. The molecule has 2 amide bonds. The smallest absolute Gasteiger partial charge is 0.243 e.